The average Bonchev–Trinajstić information content (AvgIpc) is 3.33. The van der Waals surface area contributed by atoms with Gasteiger partial charge in [0.05, 0.1) is 17.8 Å². The summed E-state index contributed by atoms with van der Waals surface area (Å²) in [7, 11) is 0. The van der Waals surface area contributed by atoms with E-state index in [4.69, 9.17) is 0 Å². The maximum absolute atomic E-state index is 12.2. The highest BCUT2D eigenvalue weighted by molar-refractivity contribution is 5.81. The molecule has 0 spiro atoms. The smallest absolute Gasteiger partial charge is 0.226 e. The maximum Gasteiger partial charge on any atom is 0.226 e. The van der Waals surface area contributed by atoms with Gasteiger partial charge in [0, 0.05) is 11.6 Å². The second-order valence-electron chi connectivity index (χ2n) is 6.02. The zero-order valence-corrected chi connectivity index (χ0v) is 13.2. The van der Waals surface area contributed by atoms with Crippen molar-refractivity contribution in [2.45, 2.75) is 25.3 Å². The fourth-order valence-corrected chi connectivity index (χ4v) is 2.73. The number of amides is 1. The van der Waals surface area contributed by atoms with Gasteiger partial charge in [0.2, 0.25) is 5.91 Å². The lowest BCUT2D eigenvalue weighted by molar-refractivity contribution is -0.120. The molecule has 0 radical (unpaired) electrons. The van der Waals surface area contributed by atoms with Crippen LogP contribution in [-0.4, -0.2) is 26.9 Å². The Kier molecular flexibility index (Phi) is 3.83. The molecule has 2 aromatic carbocycles. The summed E-state index contributed by atoms with van der Waals surface area (Å²) in [4.78, 5) is 12.2. The van der Waals surface area contributed by atoms with Gasteiger partial charge >= 0.3 is 0 Å². The fourth-order valence-electron chi connectivity index (χ4n) is 2.73. The Labute approximate surface area is 140 Å². The topological polar surface area (TPSA) is 59.8 Å². The van der Waals surface area contributed by atoms with Crippen LogP contribution in [0.2, 0.25) is 0 Å². The summed E-state index contributed by atoms with van der Waals surface area (Å²) in [6, 6.07) is 20.2. The Morgan fingerprint density at radius 1 is 1.04 bits per heavy atom. The van der Waals surface area contributed by atoms with Gasteiger partial charge < -0.3 is 5.32 Å². The van der Waals surface area contributed by atoms with Crippen molar-refractivity contribution in [3.05, 3.63) is 66.4 Å². The molecule has 5 nitrogen and oxygen atoms in total. The molecule has 0 bridgehead atoms. The van der Waals surface area contributed by atoms with Crippen molar-refractivity contribution in [1.29, 1.82) is 0 Å². The van der Waals surface area contributed by atoms with Crippen LogP contribution in [0.1, 0.15) is 18.5 Å². The SMILES string of the molecule is O=C(Cc1nnn(-c2ccccc2)c1-c1ccccc1)NC1CC1. The third kappa shape index (κ3) is 3.06. The van der Waals surface area contributed by atoms with E-state index in [9.17, 15) is 4.79 Å². The van der Waals surface area contributed by atoms with E-state index in [1.54, 1.807) is 4.68 Å². The molecule has 0 saturated heterocycles. The molecule has 1 N–H and O–H groups in total. The van der Waals surface area contributed by atoms with Crippen LogP contribution in [0.3, 0.4) is 0 Å². The first-order chi connectivity index (χ1) is 11.8. The number of hydrogen-bond donors (Lipinski definition) is 1. The normalized spacial score (nSPS) is 13.7. The van der Waals surface area contributed by atoms with E-state index in [0.29, 0.717) is 11.7 Å². The number of nitrogens with zero attached hydrogens (tertiary/aromatic N) is 3. The Balaban J connectivity index is 1.73. The van der Waals surface area contributed by atoms with Crippen LogP contribution < -0.4 is 5.32 Å². The molecule has 1 saturated carbocycles. The predicted molar refractivity (Wildman–Crippen MR) is 91.7 cm³/mol. The number of carbonyl (C=O) groups excluding carboxylic acids is 1. The van der Waals surface area contributed by atoms with E-state index >= 15 is 0 Å². The summed E-state index contributed by atoms with van der Waals surface area (Å²) in [6.45, 7) is 0. The minimum absolute atomic E-state index is 0.00907. The van der Waals surface area contributed by atoms with Gasteiger partial charge in [-0.15, -0.1) is 5.10 Å². The van der Waals surface area contributed by atoms with E-state index < -0.39 is 0 Å². The largest absolute Gasteiger partial charge is 0.353 e. The Morgan fingerprint density at radius 2 is 1.71 bits per heavy atom. The van der Waals surface area contributed by atoms with E-state index in [-0.39, 0.29) is 12.3 Å². The molecule has 1 aliphatic rings. The lowest BCUT2D eigenvalue weighted by atomic mass is 10.1. The molecular formula is C19H18N4O. The zero-order chi connectivity index (χ0) is 16.4. The minimum atomic E-state index is 0.00907. The van der Waals surface area contributed by atoms with Crippen molar-refractivity contribution in [2.75, 3.05) is 0 Å². The van der Waals surface area contributed by atoms with Crippen LogP contribution in [0, 0.1) is 0 Å². The molecule has 1 heterocycles. The Bertz CT molecular complexity index is 838. The summed E-state index contributed by atoms with van der Waals surface area (Å²) < 4.78 is 1.80. The molecule has 0 unspecified atom stereocenters. The lowest BCUT2D eigenvalue weighted by Gasteiger charge is -2.08. The second kappa shape index (κ2) is 6.28. The van der Waals surface area contributed by atoms with E-state index in [0.717, 1.165) is 29.8 Å². The van der Waals surface area contributed by atoms with Gasteiger partial charge in [0.15, 0.2) is 0 Å². The van der Waals surface area contributed by atoms with Crippen LogP contribution in [0.25, 0.3) is 16.9 Å². The molecular weight excluding hydrogens is 300 g/mol. The number of rotatable bonds is 5. The van der Waals surface area contributed by atoms with Crippen molar-refractivity contribution in [1.82, 2.24) is 20.3 Å². The number of aromatic nitrogens is 3. The fraction of sp³-hybridized carbons (Fsp3) is 0.211. The first kappa shape index (κ1) is 14.6. The summed E-state index contributed by atoms with van der Waals surface area (Å²) >= 11 is 0. The number of hydrogen-bond acceptors (Lipinski definition) is 3. The molecule has 1 aromatic heterocycles. The molecule has 4 rings (SSSR count). The van der Waals surface area contributed by atoms with Gasteiger partial charge in [0.1, 0.15) is 5.69 Å². The lowest BCUT2D eigenvalue weighted by Crippen LogP contribution is -2.27. The number of nitrogens with one attached hydrogen (secondary N) is 1. The van der Waals surface area contributed by atoms with Crippen LogP contribution in [0.5, 0.6) is 0 Å². The summed E-state index contributed by atoms with van der Waals surface area (Å²) in [5, 5.41) is 11.6. The highest BCUT2D eigenvalue weighted by Crippen LogP contribution is 2.26. The molecule has 120 valence electrons. The highest BCUT2D eigenvalue weighted by Gasteiger charge is 2.25. The Morgan fingerprint density at radius 3 is 2.38 bits per heavy atom. The quantitative estimate of drug-likeness (QED) is 0.787. The van der Waals surface area contributed by atoms with Crippen LogP contribution in [0.15, 0.2) is 60.7 Å². The van der Waals surface area contributed by atoms with Crippen molar-refractivity contribution in [3.8, 4) is 16.9 Å². The molecule has 1 amide bonds. The van der Waals surface area contributed by atoms with Crippen molar-refractivity contribution in [2.24, 2.45) is 0 Å². The van der Waals surface area contributed by atoms with Crippen molar-refractivity contribution >= 4 is 5.91 Å². The van der Waals surface area contributed by atoms with Crippen molar-refractivity contribution < 1.29 is 4.79 Å². The zero-order valence-electron chi connectivity index (χ0n) is 13.2. The third-order valence-corrected chi connectivity index (χ3v) is 4.06. The standard InChI is InChI=1S/C19H18N4O/c24-18(20-15-11-12-15)13-17-19(14-7-3-1-4-8-14)23(22-21-17)16-9-5-2-6-10-16/h1-10,15H,11-13H2,(H,20,24). The third-order valence-electron chi connectivity index (χ3n) is 4.06. The molecule has 24 heavy (non-hydrogen) atoms. The average molecular weight is 318 g/mol. The molecule has 1 aliphatic carbocycles. The molecule has 0 aliphatic heterocycles. The maximum atomic E-state index is 12.2. The molecule has 3 aromatic rings. The second-order valence-corrected chi connectivity index (χ2v) is 6.02. The highest BCUT2D eigenvalue weighted by atomic mass is 16.1. The van der Waals surface area contributed by atoms with Gasteiger partial charge in [-0.25, -0.2) is 4.68 Å². The summed E-state index contributed by atoms with van der Waals surface area (Å²) in [5.74, 6) is 0.00907. The van der Waals surface area contributed by atoms with Crippen LogP contribution in [0.4, 0.5) is 0 Å². The number of carbonyl (C=O) groups is 1. The van der Waals surface area contributed by atoms with Gasteiger partial charge in [-0.3, -0.25) is 4.79 Å². The monoisotopic (exact) mass is 318 g/mol. The first-order valence-corrected chi connectivity index (χ1v) is 8.16. The van der Waals surface area contributed by atoms with Crippen molar-refractivity contribution in [3.63, 3.8) is 0 Å². The van der Waals surface area contributed by atoms with E-state index in [1.807, 2.05) is 60.7 Å². The van der Waals surface area contributed by atoms with E-state index in [2.05, 4.69) is 15.6 Å². The molecule has 0 atom stereocenters. The van der Waals surface area contributed by atoms with E-state index in [1.165, 1.54) is 0 Å². The Hall–Kier alpha value is -2.95. The van der Waals surface area contributed by atoms with Gasteiger partial charge in [0.25, 0.3) is 0 Å². The van der Waals surface area contributed by atoms with Gasteiger partial charge in [-0.2, -0.15) is 0 Å². The minimum Gasteiger partial charge on any atom is -0.353 e. The number of para-hydroxylation sites is 1. The summed E-state index contributed by atoms with van der Waals surface area (Å²) in [5.41, 5.74) is 3.49. The number of benzene rings is 2. The molecule has 5 heteroatoms. The van der Waals surface area contributed by atoms with Gasteiger partial charge in [-0.1, -0.05) is 53.7 Å². The van der Waals surface area contributed by atoms with Crippen LogP contribution >= 0.6 is 0 Å². The predicted octanol–water partition coefficient (Wildman–Crippen LogP) is 2.76. The molecule has 1 fully saturated rings. The first-order valence-electron chi connectivity index (χ1n) is 8.16. The van der Waals surface area contributed by atoms with Gasteiger partial charge in [-0.05, 0) is 25.0 Å². The van der Waals surface area contributed by atoms with Crippen LogP contribution in [-0.2, 0) is 11.2 Å². The summed E-state index contributed by atoms with van der Waals surface area (Å²) in [6.07, 6.45) is 2.40.